The third-order valence-electron chi connectivity index (χ3n) is 3.23. The van der Waals surface area contributed by atoms with E-state index in [4.69, 9.17) is 0 Å². The number of Topliss-reactive ketones (excluding diaryl/α,β-unsaturated/α-hetero) is 1. The Morgan fingerprint density at radius 1 is 1.44 bits per heavy atom. The molecule has 1 aromatic rings. The Morgan fingerprint density at radius 2 is 2.12 bits per heavy atom. The molecular weight excluding hydrogens is 313 g/mol. The molecule has 16 heavy (non-hydrogen) atoms. The lowest BCUT2D eigenvalue weighted by Crippen LogP contribution is -2.29. The van der Waals surface area contributed by atoms with Gasteiger partial charge in [-0.2, -0.15) is 0 Å². The van der Waals surface area contributed by atoms with E-state index >= 15 is 0 Å². The van der Waals surface area contributed by atoms with Gasteiger partial charge in [0.25, 0.3) is 0 Å². The topological polar surface area (TPSA) is 29.1 Å². The Morgan fingerprint density at radius 3 is 2.69 bits per heavy atom. The molecular formula is C13H16INO. The molecule has 1 fully saturated rings. The molecule has 0 spiro atoms. The third-order valence-corrected chi connectivity index (χ3v) is 3.95. The summed E-state index contributed by atoms with van der Waals surface area (Å²) in [7, 11) is 0. The monoisotopic (exact) mass is 329 g/mol. The van der Waals surface area contributed by atoms with Crippen molar-refractivity contribution in [1.29, 1.82) is 0 Å². The van der Waals surface area contributed by atoms with Crippen molar-refractivity contribution in [2.24, 2.45) is 5.92 Å². The summed E-state index contributed by atoms with van der Waals surface area (Å²) in [5.74, 6) is 0.581. The molecule has 2 atom stereocenters. The molecule has 3 heteroatoms. The molecule has 86 valence electrons. The van der Waals surface area contributed by atoms with Crippen LogP contribution in [0.1, 0.15) is 18.9 Å². The lowest BCUT2D eigenvalue weighted by molar-refractivity contribution is -0.122. The molecule has 0 bridgehead atoms. The highest BCUT2D eigenvalue weighted by atomic mass is 127. The highest BCUT2D eigenvalue weighted by Gasteiger charge is 2.28. The Labute approximate surface area is 110 Å². The second kappa shape index (κ2) is 5.27. The standard InChI is InChI=1S/C13H16INO/c1-9-12(6-7-15-9)13(16)8-10-2-4-11(14)5-3-10/h2-5,9,12,15H,6-8H2,1H3. The van der Waals surface area contributed by atoms with Crippen LogP contribution >= 0.6 is 22.6 Å². The number of halogens is 1. The van der Waals surface area contributed by atoms with E-state index in [9.17, 15) is 4.79 Å². The van der Waals surface area contributed by atoms with Gasteiger partial charge in [0, 0.05) is 22.0 Å². The van der Waals surface area contributed by atoms with E-state index in [1.807, 2.05) is 12.1 Å². The van der Waals surface area contributed by atoms with Crippen LogP contribution in [0.4, 0.5) is 0 Å². The van der Waals surface area contributed by atoms with E-state index in [0.717, 1.165) is 18.5 Å². The lowest BCUT2D eigenvalue weighted by atomic mass is 9.92. The van der Waals surface area contributed by atoms with Gasteiger partial charge in [0.2, 0.25) is 0 Å². The average Bonchev–Trinajstić information content (AvgIpc) is 2.68. The molecule has 0 saturated carbocycles. The maximum atomic E-state index is 12.1. The van der Waals surface area contributed by atoms with E-state index in [2.05, 4.69) is 47.0 Å². The van der Waals surface area contributed by atoms with Crippen LogP contribution in [0.25, 0.3) is 0 Å². The van der Waals surface area contributed by atoms with E-state index in [1.165, 1.54) is 3.57 Å². The molecule has 0 aliphatic carbocycles. The first kappa shape index (κ1) is 12.0. The number of rotatable bonds is 3. The number of nitrogens with one attached hydrogen (secondary N) is 1. The maximum Gasteiger partial charge on any atom is 0.141 e. The summed E-state index contributed by atoms with van der Waals surface area (Å²) in [4.78, 5) is 12.1. The highest BCUT2D eigenvalue weighted by Crippen LogP contribution is 2.18. The van der Waals surface area contributed by atoms with E-state index in [1.54, 1.807) is 0 Å². The minimum absolute atomic E-state index is 0.208. The zero-order chi connectivity index (χ0) is 11.5. The number of hydrogen-bond donors (Lipinski definition) is 1. The van der Waals surface area contributed by atoms with Gasteiger partial charge < -0.3 is 5.32 Å². The van der Waals surface area contributed by atoms with Crippen molar-refractivity contribution < 1.29 is 4.79 Å². The molecule has 1 N–H and O–H groups in total. The lowest BCUT2D eigenvalue weighted by Gasteiger charge is -2.13. The van der Waals surface area contributed by atoms with Gasteiger partial charge >= 0.3 is 0 Å². The minimum atomic E-state index is 0.208. The van der Waals surface area contributed by atoms with Gasteiger partial charge in [0.1, 0.15) is 5.78 Å². The van der Waals surface area contributed by atoms with Gasteiger partial charge in [0.15, 0.2) is 0 Å². The number of carbonyl (C=O) groups is 1. The summed E-state index contributed by atoms with van der Waals surface area (Å²) >= 11 is 2.28. The van der Waals surface area contributed by atoms with Crippen LogP contribution in [0.3, 0.4) is 0 Å². The zero-order valence-corrected chi connectivity index (χ0v) is 11.5. The largest absolute Gasteiger partial charge is 0.314 e. The molecule has 1 aliphatic rings. The number of ketones is 1. The second-order valence-corrected chi connectivity index (χ2v) is 5.65. The van der Waals surface area contributed by atoms with Gasteiger partial charge in [-0.3, -0.25) is 4.79 Å². The number of carbonyl (C=O) groups excluding carboxylic acids is 1. The Kier molecular flexibility index (Phi) is 3.97. The van der Waals surface area contributed by atoms with Crippen molar-refractivity contribution in [3.63, 3.8) is 0 Å². The van der Waals surface area contributed by atoms with Crippen molar-refractivity contribution in [3.8, 4) is 0 Å². The van der Waals surface area contributed by atoms with Crippen LogP contribution in [0.5, 0.6) is 0 Å². The number of hydrogen-bond acceptors (Lipinski definition) is 2. The average molecular weight is 329 g/mol. The Balaban J connectivity index is 1.99. The van der Waals surface area contributed by atoms with Crippen LogP contribution in [0, 0.1) is 9.49 Å². The van der Waals surface area contributed by atoms with Crippen molar-refractivity contribution >= 4 is 28.4 Å². The molecule has 0 aromatic heterocycles. The van der Waals surface area contributed by atoms with Crippen molar-refractivity contribution in [3.05, 3.63) is 33.4 Å². The summed E-state index contributed by atoms with van der Waals surface area (Å²) in [5.41, 5.74) is 1.13. The zero-order valence-electron chi connectivity index (χ0n) is 9.37. The number of benzene rings is 1. The Bertz CT molecular complexity index is 374. The minimum Gasteiger partial charge on any atom is -0.314 e. The van der Waals surface area contributed by atoms with E-state index < -0.39 is 0 Å². The fraction of sp³-hybridized carbons (Fsp3) is 0.462. The Hall–Kier alpha value is -0.420. The summed E-state index contributed by atoms with van der Waals surface area (Å²) in [6, 6.07) is 8.55. The van der Waals surface area contributed by atoms with Gasteiger partial charge in [-0.25, -0.2) is 0 Å². The molecule has 1 heterocycles. The third kappa shape index (κ3) is 2.83. The quantitative estimate of drug-likeness (QED) is 0.863. The first-order chi connectivity index (χ1) is 7.66. The van der Waals surface area contributed by atoms with E-state index in [0.29, 0.717) is 18.2 Å². The van der Waals surface area contributed by atoms with Crippen LogP contribution < -0.4 is 5.32 Å². The predicted molar refractivity (Wildman–Crippen MR) is 73.4 cm³/mol. The van der Waals surface area contributed by atoms with Gasteiger partial charge in [0.05, 0.1) is 0 Å². The fourth-order valence-corrected chi connectivity index (χ4v) is 2.59. The molecule has 2 nitrogen and oxygen atoms in total. The highest BCUT2D eigenvalue weighted by molar-refractivity contribution is 14.1. The molecule has 2 unspecified atom stereocenters. The molecule has 0 amide bonds. The van der Waals surface area contributed by atoms with E-state index in [-0.39, 0.29) is 5.92 Å². The summed E-state index contributed by atoms with van der Waals surface area (Å²) in [6.45, 7) is 3.08. The second-order valence-electron chi connectivity index (χ2n) is 4.41. The van der Waals surface area contributed by atoms with Crippen molar-refractivity contribution in [2.75, 3.05) is 6.54 Å². The van der Waals surface area contributed by atoms with Gasteiger partial charge in [-0.15, -0.1) is 0 Å². The fourth-order valence-electron chi connectivity index (χ4n) is 2.23. The molecule has 1 saturated heterocycles. The molecule has 2 rings (SSSR count). The van der Waals surface area contributed by atoms with Crippen LogP contribution in [-0.4, -0.2) is 18.4 Å². The molecule has 1 aromatic carbocycles. The summed E-state index contributed by atoms with van der Waals surface area (Å²) < 4.78 is 1.21. The smallest absolute Gasteiger partial charge is 0.141 e. The van der Waals surface area contributed by atoms with Crippen molar-refractivity contribution in [2.45, 2.75) is 25.8 Å². The maximum absolute atomic E-state index is 12.1. The van der Waals surface area contributed by atoms with Gasteiger partial charge in [-0.05, 0) is 60.2 Å². The molecule has 0 radical (unpaired) electrons. The van der Waals surface area contributed by atoms with Crippen LogP contribution in [0.2, 0.25) is 0 Å². The first-order valence-corrected chi connectivity index (χ1v) is 6.75. The molecule has 1 aliphatic heterocycles. The van der Waals surface area contributed by atoms with Gasteiger partial charge in [-0.1, -0.05) is 12.1 Å². The normalized spacial score (nSPS) is 24.6. The summed E-state index contributed by atoms with van der Waals surface area (Å²) in [5, 5.41) is 3.32. The summed E-state index contributed by atoms with van der Waals surface area (Å²) in [6.07, 6.45) is 1.57. The van der Waals surface area contributed by atoms with Crippen molar-refractivity contribution in [1.82, 2.24) is 5.32 Å². The van der Waals surface area contributed by atoms with Crippen LogP contribution in [0.15, 0.2) is 24.3 Å². The van der Waals surface area contributed by atoms with Crippen LogP contribution in [-0.2, 0) is 11.2 Å². The predicted octanol–water partition coefficient (Wildman–Crippen LogP) is 2.40. The SMILES string of the molecule is CC1NCCC1C(=O)Cc1ccc(I)cc1. The first-order valence-electron chi connectivity index (χ1n) is 5.67.